The molecule has 0 N–H and O–H groups in total. The monoisotopic (exact) mass is 245 g/mol. The summed E-state index contributed by atoms with van der Waals surface area (Å²) in [6.07, 6.45) is 3.82. The first-order valence-corrected chi connectivity index (χ1v) is 6.73. The number of aromatic nitrogens is 1. The van der Waals surface area contributed by atoms with Crippen molar-refractivity contribution in [1.82, 2.24) is 18.7 Å². The highest BCUT2D eigenvalue weighted by molar-refractivity contribution is 7.64. The van der Waals surface area contributed by atoms with Gasteiger partial charge >= 0.3 is 7.94 Å². The van der Waals surface area contributed by atoms with Crippen LogP contribution in [0.25, 0.3) is 0 Å². The molecule has 92 valence electrons. The molecule has 0 saturated heterocycles. The maximum absolute atomic E-state index is 6.13. The normalized spacial score (nSPS) is 12.8. The van der Waals surface area contributed by atoms with E-state index in [1.54, 1.807) is 4.73 Å². The average molecular weight is 245 g/mol. The van der Waals surface area contributed by atoms with Gasteiger partial charge in [0.15, 0.2) is 0 Å². The van der Waals surface area contributed by atoms with Crippen LogP contribution in [0.3, 0.4) is 0 Å². The number of nitrogens with zero attached hydrogens (tertiary/aromatic N) is 4. The Bertz CT molecular complexity index is 289. The maximum atomic E-state index is 6.13. The molecule has 16 heavy (non-hydrogen) atoms. The van der Waals surface area contributed by atoms with E-state index in [1.165, 1.54) is 0 Å². The van der Waals surface area contributed by atoms with Crippen LogP contribution in [0.4, 0.5) is 0 Å². The summed E-state index contributed by atoms with van der Waals surface area (Å²) in [7, 11) is 10.3. The van der Waals surface area contributed by atoms with Gasteiger partial charge in [-0.3, -0.25) is 0 Å². The fourth-order valence-electron chi connectivity index (χ4n) is 1.79. The van der Waals surface area contributed by atoms with Gasteiger partial charge in [-0.25, -0.2) is 4.62 Å². The van der Waals surface area contributed by atoms with Crippen LogP contribution in [0, 0.1) is 0 Å². The molecule has 0 unspecified atom stereocenters. The lowest BCUT2D eigenvalue weighted by molar-refractivity contribution is 0.214. The first kappa shape index (κ1) is 13.5. The Balaban J connectivity index is 3.02. The zero-order chi connectivity index (χ0) is 12.3. The molecule has 1 heterocycles. The van der Waals surface area contributed by atoms with E-state index in [1.807, 2.05) is 66.8 Å². The van der Waals surface area contributed by atoms with Crippen molar-refractivity contribution < 1.29 is 4.62 Å². The van der Waals surface area contributed by atoms with Gasteiger partial charge in [0.25, 0.3) is 0 Å². The molecule has 1 aromatic rings. The maximum Gasteiger partial charge on any atom is 0.447 e. The number of hydrogen-bond donors (Lipinski definition) is 0. The van der Waals surface area contributed by atoms with Crippen molar-refractivity contribution >= 4 is 7.94 Å². The fraction of sp³-hybridized carbons (Fsp3) is 0.600. The van der Waals surface area contributed by atoms with Crippen LogP contribution in [0.2, 0.25) is 0 Å². The van der Waals surface area contributed by atoms with E-state index in [4.69, 9.17) is 4.62 Å². The SMILES string of the molecule is CN(C)[P+](On1cccc1)(N(C)C)N(C)C. The van der Waals surface area contributed by atoms with Crippen molar-refractivity contribution in [1.29, 1.82) is 0 Å². The Labute approximate surface area is 98.7 Å². The smallest absolute Gasteiger partial charge is 0.203 e. The molecule has 0 aliphatic carbocycles. The van der Waals surface area contributed by atoms with E-state index in [0.717, 1.165) is 0 Å². The molecule has 1 rings (SSSR count). The molecule has 0 aliphatic heterocycles. The van der Waals surface area contributed by atoms with Crippen molar-refractivity contribution in [3.63, 3.8) is 0 Å². The number of hydrogen-bond acceptors (Lipinski definition) is 4. The predicted molar refractivity (Wildman–Crippen MR) is 69.0 cm³/mol. The summed E-state index contributed by atoms with van der Waals surface area (Å²) in [6, 6.07) is 3.91. The topological polar surface area (TPSA) is 23.9 Å². The Morgan fingerprint density at radius 3 is 1.50 bits per heavy atom. The largest absolute Gasteiger partial charge is 0.447 e. The first-order chi connectivity index (χ1) is 7.41. The Kier molecular flexibility index (Phi) is 4.33. The molecule has 0 radical (unpaired) electrons. The van der Waals surface area contributed by atoms with Crippen molar-refractivity contribution in [3.05, 3.63) is 24.5 Å². The molecule has 0 bridgehead atoms. The highest BCUT2D eigenvalue weighted by atomic mass is 31.2. The lowest BCUT2D eigenvalue weighted by atomic mass is 10.7. The summed E-state index contributed by atoms with van der Waals surface area (Å²) in [5.74, 6) is 0. The van der Waals surface area contributed by atoms with Crippen LogP contribution in [0.5, 0.6) is 0 Å². The summed E-state index contributed by atoms with van der Waals surface area (Å²) in [6.45, 7) is 0. The van der Waals surface area contributed by atoms with Gasteiger partial charge in [-0.1, -0.05) is 0 Å². The molecule has 0 amide bonds. The minimum absolute atomic E-state index is 1.76. The fourth-order valence-corrected chi connectivity index (χ4v) is 4.74. The molecule has 0 aliphatic rings. The van der Waals surface area contributed by atoms with Gasteiger partial charge in [-0.2, -0.15) is 0 Å². The van der Waals surface area contributed by atoms with Gasteiger partial charge in [-0.15, -0.1) is 18.7 Å². The van der Waals surface area contributed by atoms with Crippen LogP contribution in [-0.2, 0) is 0 Å². The van der Waals surface area contributed by atoms with E-state index >= 15 is 0 Å². The minimum Gasteiger partial charge on any atom is -0.203 e. The second kappa shape index (κ2) is 5.15. The third-order valence-electron chi connectivity index (χ3n) is 2.34. The standard InChI is InChI=1S/C10H22N4OP/c1-11(2)16(12(3)4,13(5)6)15-14-9-7-8-10-14/h7-10H,1-6H3/q+1. The second-order valence-corrected chi connectivity index (χ2v) is 7.77. The second-order valence-electron chi connectivity index (χ2n) is 4.18. The van der Waals surface area contributed by atoms with Crippen molar-refractivity contribution in [3.8, 4) is 0 Å². The average Bonchev–Trinajstić information content (AvgIpc) is 2.64. The van der Waals surface area contributed by atoms with Gasteiger partial charge in [0, 0.05) is 54.7 Å². The van der Waals surface area contributed by atoms with Gasteiger partial charge < -0.3 is 0 Å². The Hall–Kier alpha value is -0.610. The predicted octanol–water partition coefficient (Wildman–Crippen LogP) is 1.28. The van der Waals surface area contributed by atoms with Gasteiger partial charge in [0.2, 0.25) is 0 Å². The molecule has 0 fully saturated rings. The third kappa shape index (κ3) is 2.38. The van der Waals surface area contributed by atoms with Crippen molar-refractivity contribution in [2.75, 3.05) is 42.3 Å². The summed E-state index contributed by atoms with van der Waals surface area (Å²) in [5, 5.41) is 0. The number of rotatable bonds is 5. The van der Waals surface area contributed by atoms with E-state index in [-0.39, 0.29) is 0 Å². The van der Waals surface area contributed by atoms with Crippen molar-refractivity contribution in [2.24, 2.45) is 0 Å². The lowest BCUT2D eigenvalue weighted by Gasteiger charge is -2.35. The molecule has 1 aromatic heterocycles. The molecule has 0 spiro atoms. The Morgan fingerprint density at radius 1 is 0.812 bits per heavy atom. The lowest BCUT2D eigenvalue weighted by Crippen LogP contribution is -2.41. The van der Waals surface area contributed by atoms with Gasteiger partial charge in [-0.05, 0) is 12.1 Å². The Morgan fingerprint density at radius 2 is 1.19 bits per heavy atom. The molecular weight excluding hydrogens is 223 g/mol. The highest BCUT2D eigenvalue weighted by Crippen LogP contribution is 2.61. The van der Waals surface area contributed by atoms with E-state index in [0.29, 0.717) is 0 Å². The van der Waals surface area contributed by atoms with Crippen LogP contribution in [-0.4, -0.2) is 61.0 Å². The zero-order valence-electron chi connectivity index (χ0n) is 11.0. The van der Waals surface area contributed by atoms with Gasteiger partial charge in [0.1, 0.15) is 0 Å². The van der Waals surface area contributed by atoms with Crippen LogP contribution in [0.15, 0.2) is 24.5 Å². The summed E-state index contributed by atoms with van der Waals surface area (Å²) in [5.41, 5.74) is 0. The first-order valence-electron chi connectivity index (χ1n) is 5.16. The third-order valence-corrected chi connectivity index (χ3v) is 5.88. The molecule has 5 nitrogen and oxygen atoms in total. The zero-order valence-corrected chi connectivity index (χ0v) is 11.8. The van der Waals surface area contributed by atoms with Crippen LogP contribution in [0.1, 0.15) is 0 Å². The van der Waals surface area contributed by atoms with E-state index in [2.05, 4.69) is 14.0 Å². The van der Waals surface area contributed by atoms with E-state index < -0.39 is 7.94 Å². The molecule has 0 saturated carbocycles. The van der Waals surface area contributed by atoms with Crippen LogP contribution < -0.4 is 4.62 Å². The van der Waals surface area contributed by atoms with Gasteiger partial charge in [0.05, 0.1) is 0 Å². The highest BCUT2D eigenvalue weighted by Gasteiger charge is 2.53. The molecule has 0 aromatic carbocycles. The molecule has 6 heteroatoms. The molecule has 0 atom stereocenters. The summed E-state index contributed by atoms with van der Waals surface area (Å²) in [4.78, 5) is 0. The van der Waals surface area contributed by atoms with Crippen LogP contribution >= 0.6 is 7.94 Å². The molecular formula is C10H22N4OP+. The van der Waals surface area contributed by atoms with Crippen molar-refractivity contribution in [2.45, 2.75) is 0 Å². The minimum atomic E-state index is -1.94. The quantitative estimate of drug-likeness (QED) is 0.729. The summed E-state index contributed by atoms with van der Waals surface area (Å²) < 4.78 is 14.3. The summed E-state index contributed by atoms with van der Waals surface area (Å²) >= 11 is 0. The van der Waals surface area contributed by atoms with E-state index in [9.17, 15) is 0 Å².